The number of aliphatic hydroxyl groups excluding tert-OH is 1. The number of ether oxygens (including phenoxy) is 1. The highest BCUT2D eigenvalue weighted by molar-refractivity contribution is 5.98. The zero-order chi connectivity index (χ0) is 14.9. The second kappa shape index (κ2) is 5.46. The Bertz CT molecular complexity index is 549. The highest BCUT2D eigenvalue weighted by Crippen LogP contribution is 2.23. The van der Waals surface area contributed by atoms with Gasteiger partial charge in [0.2, 0.25) is 5.91 Å². The molecule has 0 radical (unpaired) electrons. The van der Waals surface area contributed by atoms with E-state index in [-0.39, 0.29) is 24.3 Å². The number of nitrogens with two attached hydrogens (primary N) is 1. The number of carbonyl (C=O) groups is 2. The van der Waals surface area contributed by atoms with Gasteiger partial charge in [0.25, 0.3) is 5.91 Å². The molecule has 1 heterocycles. The Labute approximate surface area is 114 Å². The van der Waals surface area contributed by atoms with E-state index >= 15 is 0 Å². The first-order valence-electron chi connectivity index (χ1n) is 6.06. The molecule has 1 aromatic carbocycles. The second-order valence-electron chi connectivity index (χ2n) is 4.61. The van der Waals surface area contributed by atoms with Crippen LogP contribution >= 0.6 is 0 Å². The molecule has 0 spiro atoms. The van der Waals surface area contributed by atoms with Crippen molar-refractivity contribution in [3.05, 3.63) is 29.6 Å². The minimum absolute atomic E-state index is 0.0437. The lowest BCUT2D eigenvalue weighted by Crippen LogP contribution is -2.44. The van der Waals surface area contributed by atoms with E-state index < -0.39 is 29.8 Å². The molecule has 2 rings (SSSR count). The maximum atomic E-state index is 13.9. The summed E-state index contributed by atoms with van der Waals surface area (Å²) in [7, 11) is 1.39. The number of β-amino-alcohol motifs (C(OH)–C–C–N with tert-alkyl or cyclic N) is 1. The lowest BCUT2D eigenvalue weighted by Gasteiger charge is -2.22. The first-order valence-corrected chi connectivity index (χ1v) is 6.06. The molecule has 0 saturated carbocycles. The molecule has 0 aromatic heterocycles. The molecule has 1 aliphatic heterocycles. The summed E-state index contributed by atoms with van der Waals surface area (Å²) in [6, 6.07) is 2.89. The first-order chi connectivity index (χ1) is 9.43. The largest absolute Gasteiger partial charge is 0.497 e. The van der Waals surface area contributed by atoms with Crippen LogP contribution in [0.1, 0.15) is 16.8 Å². The fourth-order valence-corrected chi connectivity index (χ4v) is 2.26. The highest BCUT2D eigenvalue weighted by Gasteiger charge is 2.38. The quantitative estimate of drug-likeness (QED) is 0.809. The molecule has 2 atom stereocenters. The summed E-state index contributed by atoms with van der Waals surface area (Å²) in [6.45, 7) is -0.0437. The van der Waals surface area contributed by atoms with E-state index in [1.807, 2.05) is 0 Å². The molecule has 1 aromatic rings. The van der Waals surface area contributed by atoms with E-state index in [4.69, 9.17) is 10.5 Å². The third-order valence-electron chi connectivity index (χ3n) is 3.27. The monoisotopic (exact) mass is 282 g/mol. The molecule has 1 fully saturated rings. The molecule has 108 valence electrons. The van der Waals surface area contributed by atoms with E-state index in [9.17, 15) is 19.1 Å². The van der Waals surface area contributed by atoms with Crippen molar-refractivity contribution in [3.8, 4) is 5.75 Å². The van der Waals surface area contributed by atoms with Crippen LogP contribution in [0.4, 0.5) is 4.39 Å². The molecular formula is C13H15FN2O4. The normalized spacial score (nSPS) is 21.9. The maximum Gasteiger partial charge on any atom is 0.257 e. The summed E-state index contributed by atoms with van der Waals surface area (Å²) in [5.74, 6) is -1.86. The van der Waals surface area contributed by atoms with Crippen LogP contribution in [-0.4, -0.2) is 47.6 Å². The van der Waals surface area contributed by atoms with Crippen LogP contribution in [0.25, 0.3) is 0 Å². The minimum atomic E-state index is -0.918. The SMILES string of the molecule is COc1ccc(C(=O)N2CC(O)CC2C(N)=O)c(F)c1. The standard InChI is InChI=1S/C13H15FN2O4/c1-20-8-2-3-9(10(14)5-8)13(19)16-6-7(17)4-11(16)12(15)18/h2-3,5,7,11,17H,4,6H2,1H3,(H2,15,18). The van der Waals surface area contributed by atoms with Gasteiger partial charge in [0.1, 0.15) is 17.6 Å². The Hall–Kier alpha value is -2.15. The number of hydrogen-bond donors (Lipinski definition) is 2. The van der Waals surface area contributed by atoms with Crippen LogP contribution in [0.15, 0.2) is 18.2 Å². The molecule has 0 bridgehead atoms. The van der Waals surface area contributed by atoms with E-state index in [0.29, 0.717) is 0 Å². The van der Waals surface area contributed by atoms with Crippen molar-refractivity contribution in [1.29, 1.82) is 0 Å². The van der Waals surface area contributed by atoms with Crippen molar-refractivity contribution in [3.63, 3.8) is 0 Å². The summed E-state index contributed by atoms with van der Waals surface area (Å²) in [5, 5.41) is 9.55. The van der Waals surface area contributed by atoms with Crippen LogP contribution in [0.2, 0.25) is 0 Å². The predicted molar refractivity (Wildman–Crippen MR) is 67.6 cm³/mol. The average Bonchev–Trinajstić information content (AvgIpc) is 2.80. The zero-order valence-corrected chi connectivity index (χ0v) is 10.9. The number of halogens is 1. The number of nitrogens with zero attached hydrogens (tertiary/aromatic N) is 1. The Morgan fingerprint density at radius 1 is 1.50 bits per heavy atom. The number of aliphatic hydroxyl groups is 1. The summed E-state index contributed by atoms with van der Waals surface area (Å²) in [4.78, 5) is 24.6. The van der Waals surface area contributed by atoms with E-state index in [1.54, 1.807) is 0 Å². The van der Waals surface area contributed by atoms with Gasteiger partial charge in [-0.1, -0.05) is 0 Å². The summed E-state index contributed by atoms with van der Waals surface area (Å²) < 4.78 is 18.7. The first kappa shape index (κ1) is 14.3. The van der Waals surface area contributed by atoms with Crippen molar-refractivity contribution in [2.24, 2.45) is 5.73 Å². The third kappa shape index (κ3) is 2.57. The molecule has 0 aliphatic carbocycles. The van der Waals surface area contributed by atoms with Gasteiger partial charge in [-0.25, -0.2) is 4.39 Å². The van der Waals surface area contributed by atoms with Crippen molar-refractivity contribution in [1.82, 2.24) is 4.90 Å². The number of carbonyl (C=O) groups excluding carboxylic acids is 2. The second-order valence-corrected chi connectivity index (χ2v) is 4.61. The van der Waals surface area contributed by atoms with Gasteiger partial charge in [-0.15, -0.1) is 0 Å². The molecule has 2 unspecified atom stereocenters. The van der Waals surface area contributed by atoms with Crippen LogP contribution in [0.3, 0.4) is 0 Å². The maximum absolute atomic E-state index is 13.9. The van der Waals surface area contributed by atoms with Gasteiger partial charge < -0.3 is 20.5 Å². The van der Waals surface area contributed by atoms with E-state index in [2.05, 4.69) is 0 Å². The average molecular weight is 282 g/mol. The molecule has 7 heteroatoms. The molecule has 1 aliphatic rings. The third-order valence-corrected chi connectivity index (χ3v) is 3.27. The Morgan fingerprint density at radius 2 is 2.20 bits per heavy atom. The highest BCUT2D eigenvalue weighted by atomic mass is 19.1. The topological polar surface area (TPSA) is 92.9 Å². The molecular weight excluding hydrogens is 267 g/mol. The number of amides is 2. The van der Waals surface area contributed by atoms with Crippen LogP contribution in [0.5, 0.6) is 5.75 Å². The van der Waals surface area contributed by atoms with Crippen LogP contribution in [0, 0.1) is 5.82 Å². The molecule has 1 saturated heterocycles. The lowest BCUT2D eigenvalue weighted by molar-refractivity contribution is -0.121. The van der Waals surface area contributed by atoms with Crippen LogP contribution < -0.4 is 10.5 Å². The molecule has 2 amide bonds. The van der Waals surface area contributed by atoms with Crippen molar-refractivity contribution < 1.29 is 23.8 Å². The smallest absolute Gasteiger partial charge is 0.257 e. The Balaban J connectivity index is 2.29. The fraction of sp³-hybridized carbons (Fsp3) is 0.385. The number of methoxy groups -OCH3 is 1. The van der Waals surface area contributed by atoms with Gasteiger partial charge in [-0.05, 0) is 12.1 Å². The van der Waals surface area contributed by atoms with Gasteiger partial charge in [0, 0.05) is 19.0 Å². The summed E-state index contributed by atoms with van der Waals surface area (Å²) in [6.07, 6.45) is -0.767. The number of likely N-dealkylation sites (tertiary alicyclic amines) is 1. The van der Waals surface area contributed by atoms with Gasteiger partial charge in [0.05, 0.1) is 18.8 Å². The number of primary amides is 1. The zero-order valence-electron chi connectivity index (χ0n) is 10.9. The molecule has 20 heavy (non-hydrogen) atoms. The van der Waals surface area contributed by atoms with Crippen molar-refractivity contribution in [2.45, 2.75) is 18.6 Å². The van der Waals surface area contributed by atoms with Crippen molar-refractivity contribution >= 4 is 11.8 Å². The van der Waals surface area contributed by atoms with Gasteiger partial charge in [-0.3, -0.25) is 9.59 Å². The van der Waals surface area contributed by atoms with Crippen LogP contribution in [-0.2, 0) is 4.79 Å². The number of hydrogen-bond acceptors (Lipinski definition) is 4. The lowest BCUT2D eigenvalue weighted by atomic mass is 10.1. The fourth-order valence-electron chi connectivity index (χ4n) is 2.26. The Morgan fingerprint density at radius 3 is 2.75 bits per heavy atom. The van der Waals surface area contributed by atoms with E-state index in [0.717, 1.165) is 11.0 Å². The number of rotatable bonds is 3. The van der Waals surface area contributed by atoms with E-state index in [1.165, 1.54) is 19.2 Å². The molecule has 3 N–H and O–H groups in total. The van der Waals surface area contributed by atoms with Crippen molar-refractivity contribution in [2.75, 3.05) is 13.7 Å². The molecule has 6 nitrogen and oxygen atoms in total. The minimum Gasteiger partial charge on any atom is -0.497 e. The predicted octanol–water partition coefficient (Wildman–Crippen LogP) is -0.105. The van der Waals surface area contributed by atoms with Gasteiger partial charge >= 0.3 is 0 Å². The van der Waals surface area contributed by atoms with Gasteiger partial charge in [0.15, 0.2) is 0 Å². The summed E-state index contributed by atoms with van der Waals surface area (Å²) in [5.41, 5.74) is 5.00. The number of benzene rings is 1. The van der Waals surface area contributed by atoms with Gasteiger partial charge in [-0.2, -0.15) is 0 Å². The summed E-state index contributed by atoms with van der Waals surface area (Å²) >= 11 is 0. The Kier molecular flexibility index (Phi) is 3.89.